The Morgan fingerprint density at radius 1 is 0.889 bits per heavy atom. The van der Waals surface area contributed by atoms with Crippen molar-refractivity contribution in [1.82, 2.24) is 15.1 Å². The van der Waals surface area contributed by atoms with E-state index >= 15 is 0 Å². The van der Waals surface area contributed by atoms with Crippen LogP contribution < -0.4 is 14.8 Å². The van der Waals surface area contributed by atoms with Crippen molar-refractivity contribution in [3.05, 3.63) is 59.7 Å². The van der Waals surface area contributed by atoms with Gasteiger partial charge in [0.1, 0.15) is 6.04 Å². The van der Waals surface area contributed by atoms with Gasteiger partial charge in [0.15, 0.2) is 11.5 Å². The predicted molar refractivity (Wildman–Crippen MR) is 131 cm³/mol. The summed E-state index contributed by atoms with van der Waals surface area (Å²) < 4.78 is 16.1. The van der Waals surface area contributed by atoms with Crippen molar-refractivity contribution in [1.29, 1.82) is 0 Å². The Balaban J connectivity index is 1.26. The molecule has 9 heteroatoms. The molecule has 0 aliphatic carbocycles. The lowest BCUT2D eigenvalue weighted by atomic mass is 9.87. The zero-order chi connectivity index (χ0) is 24.9. The summed E-state index contributed by atoms with van der Waals surface area (Å²) in [7, 11) is 0. The third kappa shape index (κ3) is 5.46. The highest BCUT2D eigenvalue weighted by Gasteiger charge is 2.36. The molecule has 1 atom stereocenters. The highest BCUT2D eigenvalue weighted by atomic mass is 16.7. The lowest BCUT2D eigenvalue weighted by Crippen LogP contribution is -2.56. The summed E-state index contributed by atoms with van der Waals surface area (Å²) >= 11 is 0. The number of morpholine rings is 1. The Hall–Kier alpha value is -3.59. The molecule has 0 spiro atoms. The number of carbonyl (C=O) groups excluding carboxylic acids is 3. The maximum atomic E-state index is 13.5. The third-order valence-electron chi connectivity index (χ3n) is 7.07. The van der Waals surface area contributed by atoms with E-state index in [9.17, 15) is 14.4 Å². The summed E-state index contributed by atoms with van der Waals surface area (Å²) in [6.07, 6.45) is 1.65. The molecule has 0 aromatic heterocycles. The van der Waals surface area contributed by atoms with Crippen molar-refractivity contribution < 1.29 is 28.6 Å². The van der Waals surface area contributed by atoms with Gasteiger partial charge in [-0.25, -0.2) is 0 Å². The van der Waals surface area contributed by atoms with E-state index < -0.39 is 6.04 Å². The molecule has 1 N–H and O–H groups in total. The van der Waals surface area contributed by atoms with Crippen LogP contribution in [-0.4, -0.2) is 79.7 Å². The Morgan fingerprint density at radius 2 is 1.61 bits per heavy atom. The molecular weight excluding hydrogens is 462 g/mol. The average molecular weight is 494 g/mol. The number of nitrogens with one attached hydrogen (secondary N) is 1. The molecule has 2 aromatic carbocycles. The van der Waals surface area contributed by atoms with E-state index in [1.54, 1.807) is 23.1 Å². The highest BCUT2D eigenvalue weighted by Crippen LogP contribution is 2.32. The molecule has 3 heterocycles. The number of amides is 3. The molecule has 9 nitrogen and oxygen atoms in total. The molecule has 2 aromatic rings. The predicted octanol–water partition coefficient (Wildman–Crippen LogP) is 1.85. The average Bonchev–Trinajstić information content (AvgIpc) is 3.40. The first-order valence-corrected chi connectivity index (χ1v) is 12.5. The van der Waals surface area contributed by atoms with Gasteiger partial charge in [-0.3, -0.25) is 14.4 Å². The number of ether oxygens (including phenoxy) is 3. The second-order valence-electron chi connectivity index (χ2n) is 9.34. The fourth-order valence-electron chi connectivity index (χ4n) is 4.99. The fourth-order valence-corrected chi connectivity index (χ4v) is 4.99. The molecule has 5 rings (SSSR count). The lowest BCUT2D eigenvalue weighted by Gasteiger charge is -2.38. The van der Waals surface area contributed by atoms with Gasteiger partial charge in [0.05, 0.1) is 19.6 Å². The lowest BCUT2D eigenvalue weighted by molar-refractivity contribution is -0.139. The second kappa shape index (κ2) is 11.0. The summed E-state index contributed by atoms with van der Waals surface area (Å²) in [6.45, 7) is 3.22. The summed E-state index contributed by atoms with van der Waals surface area (Å²) in [6, 6.07) is 14.0. The van der Waals surface area contributed by atoms with Gasteiger partial charge in [-0.1, -0.05) is 30.3 Å². The molecule has 3 amide bonds. The molecule has 3 aliphatic heterocycles. The standard InChI is InChI=1S/C27H31N3O6/c31-24(16-19-4-2-1-3-5-19)29-10-8-20(9-11-29)25(27(33)30-12-14-34-15-13-30)28-26(32)21-6-7-22-23(17-21)36-18-35-22/h1-7,17,20,25H,8-16,18H2,(H,28,32)/t25-/m1/s1. The molecule has 3 aliphatic rings. The molecule has 2 saturated heterocycles. The van der Waals surface area contributed by atoms with Gasteiger partial charge >= 0.3 is 0 Å². The van der Waals surface area contributed by atoms with E-state index in [-0.39, 0.29) is 30.4 Å². The normalized spacial score (nSPS) is 18.6. The maximum absolute atomic E-state index is 13.5. The minimum Gasteiger partial charge on any atom is -0.454 e. The van der Waals surface area contributed by atoms with Crippen LogP contribution in [0.3, 0.4) is 0 Å². The molecule has 2 fully saturated rings. The molecule has 0 radical (unpaired) electrons. The van der Waals surface area contributed by atoms with Gasteiger partial charge in [-0.15, -0.1) is 0 Å². The van der Waals surface area contributed by atoms with Crippen molar-refractivity contribution >= 4 is 17.7 Å². The molecule has 0 saturated carbocycles. The summed E-state index contributed by atoms with van der Waals surface area (Å²) in [5.41, 5.74) is 1.40. The Bertz CT molecular complexity index is 1090. The van der Waals surface area contributed by atoms with Crippen LogP contribution in [0.25, 0.3) is 0 Å². The van der Waals surface area contributed by atoms with Crippen molar-refractivity contribution in [2.45, 2.75) is 25.3 Å². The highest BCUT2D eigenvalue weighted by molar-refractivity contribution is 5.98. The smallest absolute Gasteiger partial charge is 0.252 e. The van der Waals surface area contributed by atoms with Gasteiger partial charge < -0.3 is 29.3 Å². The number of rotatable bonds is 6. The SMILES string of the molecule is O=C(N[C@@H](C(=O)N1CCOCC1)C1CCN(C(=O)Cc2ccccc2)CC1)c1ccc2c(c1)OCO2. The number of benzene rings is 2. The van der Waals surface area contributed by atoms with Crippen LogP contribution in [0, 0.1) is 5.92 Å². The minimum atomic E-state index is -0.674. The summed E-state index contributed by atoms with van der Waals surface area (Å²) in [5, 5.41) is 3.00. The van der Waals surface area contributed by atoms with Crippen molar-refractivity contribution in [2.24, 2.45) is 5.92 Å². The Morgan fingerprint density at radius 3 is 2.36 bits per heavy atom. The van der Waals surface area contributed by atoms with Crippen LogP contribution in [-0.2, 0) is 20.7 Å². The van der Waals surface area contributed by atoms with E-state index in [0.717, 1.165) is 5.56 Å². The van der Waals surface area contributed by atoms with Crippen molar-refractivity contribution in [3.63, 3.8) is 0 Å². The minimum absolute atomic E-state index is 0.0703. The molecule has 0 unspecified atom stereocenters. The first-order valence-electron chi connectivity index (χ1n) is 12.5. The van der Waals surface area contributed by atoms with E-state index in [0.29, 0.717) is 75.7 Å². The second-order valence-corrected chi connectivity index (χ2v) is 9.34. The zero-order valence-corrected chi connectivity index (χ0v) is 20.2. The number of likely N-dealkylation sites (tertiary alicyclic amines) is 1. The molecular formula is C27H31N3O6. The summed E-state index contributed by atoms with van der Waals surface area (Å²) in [4.78, 5) is 43.2. The number of fused-ring (bicyclic) bond motifs is 1. The van der Waals surface area contributed by atoms with E-state index in [1.807, 2.05) is 35.2 Å². The fraction of sp³-hybridized carbons (Fsp3) is 0.444. The van der Waals surface area contributed by atoms with Gasteiger partial charge in [0.2, 0.25) is 18.6 Å². The first kappa shape index (κ1) is 24.1. The number of nitrogens with zero attached hydrogens (tertiary/aromatic N) is 2. The molecule has 190 valence electrons. The van der Waals surface area contributed by atoms with E-state index in [2.05, 4.69) is 5.32 Å². The van der Waals surface area contributed by atoms with Gasteiger partial charge in [0.25, 0.3) is 5.91 Å². The topological polar surface area (TPSA) is 97.4 Å². The van der Waals surface area contributed by atoms with Gasteiger partial charge in [0, 0.05) is 31.7 Å². The van der Waals surface area contributed by atoms with E-state index in [4.69, 9.17) is 14.2 Å². The molecule has 36 heavy (non-hydrogen) atoms. The maximum Gasteiger partial charge on any atom is 0.252 e. The van der Waals surface area contributed by atoms with Gasteiger partial charge in [-0.05, 0) is 42.5 Å². The Kier molecular flexibility index (Phi) is 7.36. The van der Waals surface area contributed by atoms with Crippen LogP contribution in [0.2, 0.25) is 0 Å². The van der Waals surface area contributed by atoms with Crippen LogP contribution in [0.4, 0.5) is 0 Å². The number of carbonyl (C=O) groups is 3. The monoisotopic (exact) mass is 493 g/mol. The van der Waals surface area contributed by atoms with Crippen LogP contribution in [0.1, 0.15) is 28.8 Å². The quantitative estimate of drug-likeness (QED) is 0.660. The number of hydrogen-bond acceptors (Lipinski definition) is 6. The van der Waals surface area contributed by atoms with Crippen LogP contribution in [0.5, 0.6) is 11.5 Å². The van der Waals surface area contributed by atoms with Crippen LogP contribution >= 0.6 is 0 Å². The van der Waals surface area contributed by atoms with Crippen molar-refractivity contribution in [2.75, 3.05) is 46.2 Å². The zero-order valence-electron chi connectivity index (χ0n) is 20.2. The third-order valence-corrected chi connectivity index (χ3v) is 7.07. The van der Waals surface area contributed by atoms with Gasteiger partial charge in [-0.2, -0.15) is 0 Å². The first-order chi connectivity index (χ1) is 17.6. The molecule has 0 bridgehead atoms. The number of hydrogen-bond donors (Lipinski definition) is 1. The summed E-state index contributed by atoms with van der Waals surface area (Å²) in [5.74, 6) is 0.701. The Labute approximate surface area is 210 Å². The van der Waals surface area contributed by atoms with Crippen molar-refractivity contribution in [3.8, 4) is 11.5 Å². The number of piperidine rings is 1. The van der Waals surface area contributed by atoms with Crippen LogP contribution in [0.15, 0.2) is 48.5 Å². The largest absolute Gasteiger partial charge is 0.454 e. The van der Waals surface area contributed by atoms with E-state index in [1.165, 1.54) is 0 Å².